The van der Waals surface area contributed by atoms with Crippen LogP contribution in [0, 0.1) is 0 Å². The number of para-hydroxylation sites is 1. The molecule has 0 unspecified atom stereocenters. The minimum atomic E-state index is -3.87. The molecule has 0 spiro atoms. The monoisotopic (exact) mass is 494 g/mol. The molecule has 0 bridgehead atoms. The highest BCUT2D eigenvalue weighted by molar-refractivity contribution is 7.89. The van der Waals surface area contributed by atoms with Crippen molar-refractivity contribution in [1.82, 2.24) is 4.31 Å². The number of nitrogens with one attached hydrogen (secondary N) is 1. The summed E-state index contributed by atoms with van der Waals surface area (Å²) in [6.07, 6.45) is 0. The predicted molar refractivity (Wildman–Crippen MR) is 121 cm³/mol. The molecule has 12 heteroatoms. The number of hydrogen-bond donors (Lipinski definition) is 1. The van der Waals surface area contributed by atoms with Crippen molar-refractivity contribution in [3.05, 3.63) is 42.0 Å². The molecule has 1 aliphatic heterocycles. The number of ether oxygens (including phenoxy) is 5. The highest BCUT2D eigenvalue weighted by Gasteiger charge is 2.29. The van der Waals surface area contributed by atoms with Crippen LogP contribution in [0.3, 0.4) is 0 Å². The smallest absolute Gasteiger partial charge is 0.342 e. The fourth-order valence-corrected chi connectivity index (χ4v) is 4.93. The molecule has 1 saturated heterocycles. The van der Waals surface area contributed by atoms with Gasteiger partial charge in [0.1, 0.15) is 16.2 Å². The summed E-state index contributed by atoms with van der Waals surface area (Å²) in [7, 11) is 0.302. The SMILES string of the molecule is COc1ccc(NC(=O)COC(=O)c2cccc(OC)c2OC)cc1S(=O)(=O)N1CCOCC1. The zero-order chi connectivity index (χ0) is 24.7. The Hall–Kier alpha value is -3.35. The minimum absolute atomic E-state index is 0.0900. The number of carbonyl (C=O) groups is 2. The Bertz CT molecular complexity index is 1150. The second-order valence-corrected chi connectivity index (χ2v) is 8.95. The number of nitrogens with zero attached hydrogens (tertiary/aromatic N) is 1. The number of amides is 1. The number of carbonyl (C=O) groups excluding carboxylic acids is 2. The summed E-state index contributed by atoms with van der Waals surface area (Å²) in [6, 6.07) is 8.92. The second-order valence-electron chi connectivity index (χ2n) is 7.05. The van der Waals surface area contributed by atoms with E-state index in [1.807, 2.05) is 0 Å². The third-order valence-electron chi connectivity index (χ3n) is 4.99. The topological polar surface area (TPSA) is 130 Å². The van der Waals surface area contributed by atoms with Gasteiger partial charge in [0.25, 0.3) is 5.91 Å². The van der Waals surface area contributed by atoms with Crippen molar-refractivity contribution in [1.29, 1.82) is 0 Å². The van der Waals surface area contributed by atoms with Crippen LogP contribution in [-0.2, 0) is 24.3 Å². The van der Waals surface area contributed by atoms with Gasteiger partial charge in [0.05, 0.1) is 34.5 Å². The van der Waals surface area contributed by atoms with E-state index >= 15 is 0 Å². The molecule has 0 atom stereocenters. The molecule has 3 rings (SSSR count). The highest BCUT2D eigenvalue weighted by Crippen LogP contribution is 2.32. The fraction of sp³-hybridized carbons (Fsp3) is 0.364. The Kier molecular flexibility index (Phi) is 8.31. The first kappa shape index (κ1) is 25.3. The van der Waals surface area contributed by atoms with Crippen LogP contribution in [0.2, 0.25) is 0 Å². The Morgan fingerprint density at radius 3 is 2.35 bits per heavy atom. The highest BCUT2D eigenvalue weighted by atomic mass is 32.2. The molecule has 34 heavy (non-hydrogen) atoms. The summed E-state index contributed by atoms with van der Waals surface area (Å²) in [5, 5.41) is 2.53. The third-order valence-corrected chi connectivity index (χ3v) is 6.91. The van der Waals surface area contributed by atoms with Gasteiger partial charge in [-0.3, -0.25) is 4.79 Å². The van der Waals surface area contributed by atoms with E-state index in [0.717, 1.165) is 0 Å². The van der Waals surface area contributed by atoms with Gasteiger partial charge in [0.2, 0.25) is 10.0 Å². The minimum Gasteiger partial charge on any atom is -0.495 e. The molecule has 0 aliphatic carbocycles. The number of hydrogen-bond acceptors (Lipinski definition) is 9. The van der Waals surface area contributed by atoms with Crippen molar-refractivity contribution in [2.24, 2.45) is 0 Å². The van der Waals surface area contributed by atoms with Gasteiger partial charge in [0, 0.05) is 18.8 Å². The van der Waals surface area contributed by atoms with Gasteiger partial charge in [-0.1, -0.05) is 6.07 Å². The quantitative estimate of drug-likeness (QED) is 0.516. The maximum Gasteiger partial charge on any atom is 0.342 e. The van der Waals surface area contributed by atoms with Gasteiger partial charge < -0.3 is 29.0 Å². The number of methoxy groups -OCH3 is 3. The number of esters is 1. The van der Waals surface area contributed by atoms with Gasteiger partial charge in [-0.2, -0.15) is 4.31 Å². The lowest BCUT2D eigenvalue weighted by molar-refractivity contribution is -0.119. The summed E-state index contributed by atoms with van der Waals surface area (Å²) in [4.78, 5) is 24.7. The summed E-state index contributed by atoms with van der Waals surface area (Å²) in [5.41, 5.74) is 0.297. The Morgan fingerprint density at radius 1 is 1.00 bits per heavy atom. The largest absolute Gasteiger partial charge is 0.495 e. The van der Waals surface area contributed by atoms with E-state index in [-0.39, 0.29) is 40.7 Å². The van der Waals surface area contributed by atoms with Crippen LogP contribution in [0.25, 0.3) is 0 Å². The van der Waals surface area contributed by atoms with Gasteiger partial charge >= 0.3 is 5.97 Å². The Morgan fingerprint density at radius 2 is 1.71 bits per heavy atom. The van der Waals surface area contributed by atoms with Crippen molar-refractivity contribution >= 4 is 27.6 Å². The number of morpholine rings is 1. The van der Waals surface area contributed by atoms with Crippen LogP contribution in [0.5, 0.6) is 17.2 Å². The van der Waals surface area contributed by atoms with Crippen LogP contribution in [0.15, 0.2) is 41.3 Å². The Balaban J connectivity index is 1.71. The number of sulfonamides is 1. The second kappa shape index (κ2) is 11.2. The van der Waals surface area contributed by atoms with Gasteiger partial charge in [-0.25, -0.2) is 13.2 Å². The summed E-state index contributed by atoms with van der Waals surface area (Å²) < 4.78 is 53.3. The van der Waals surface area contributed by atoms with Crippen LogP contribution >= 0.6 is 0 Å². The van der Waals surface area contributed by atoms with Crippen molar-refractivity contribution < 1.29 is 41.7 Å². The average molecular weight is 495 g/mol. The standard InChI is InChI=1S/C22H26N2O9S/c1-29-17-8-7-15(13-19(17)34(27,28)24-9-11-32-12-10-24)23-20(25)14-33-22(26)16-5-4-6-18(30-2)21(16)31-3/h4-8,13H,9-12,14H2,1-3H3,(H,23,25). The number of benzene rings is 2. The van der Waals surface area contributed by atoms with Gasteiger partial charge in [0.15, 0.2) is 18.1 Å². The Labute approximate surface area is 197 Å². The van der Waals surface area contributed by atoms with Gasteiger partial charge in [-0.05, 0) is 30.3 Å². The van der Waals surface area contributed by atoms with E-state index in [9.17, 15) is 18.0 Å². The fourth-order valence-electron chi connectivity index (χ4n) is 3.34. The average Bonchev–Trinajstić information content (AvgIpc) is 2.87. The lowest BCUT2D eigenvalue weighted by Crippen LogP contribution is -2.40. The first-order chi connectivity index (χ1) is 16.3. The van der Waals surface area contributed by atoms with E-state index in [2.05, 4.69) is 5.32 Å². The predicted octanol–water partition coefficient (Wildman–Crippen LogP) is 1.53. The van der Waals surface area contributed by atoms with Crippen molar-refractivity contribution in [2.75, 3.05) is 59.6 Å². The van der Waals surface area contributed by atoms with E-state index < -0.39 is 28.5 Å². The van der Waals surface area contributed by atoms with E-state index in [0.29, 0.717) is 19.0 Å². The molecule has 1 amide bonds. The van der Waals surface area contributed by atoms with Crippen molar-refractivity contribution in [2.45, 2.75) is 4.90 Å². The molecule has 1 fully saturated rings. The van der Waals surface area contributed by atoms with Crippen LogP contribution in [-0.4, -0.2) is 78.8 Å². The van der Waals surface area contributed by atoms with Crippen molar-refractivity contribution in [3.8, 4) is 17.2 Å². The normalized spacial score (nSPS) is 14.2. The molecule has 1 N–H and O–H groups in total. The maximum absolute atomic E-state index is 13.1. The zero-order valence-corrected chi connectivity index (χ0v) is 19.8. The molecule has 11 nitrogen and oxygen atoms in total. The maximum atomic E-state index is 13.1. The van der Waals surface area contributed by atoms with Gasteiger partial charge in [-0.15, -0.1) is 0 Å². The van der Waals surface area contributed by atoms with E-state index in [1.54, 1.807) is 12.1 Å². The van der Waals surface area contributed by atoms with E-state index in [1.165, 1.54) is 49.9 Å². The molecular weight excluding hydrogens is 468 g/mol. The lowest BCUT2D eigenvalue weighted by atomic mass is 10.2. The molecule has 1 aliphatic rings. The van der Waals surface area contributed by atoms with Crippen molar-refractivity contribution in [3.63, 3.8) is 0 Å². The number of rotatable bonds is 9. The van der Waals surface area contributed by atoms with Crippen LogP contribution < -0.4 is 19.5 Å². The molecule has 0 saturated carbocycles. The summed E-state index contributed by atoms with van der Waals surface area (Å²) >= 11 is 0. The van der Waals surface area contributed by atoms with Crippen LogP contribution in [0.4, 0.5) is 5.69 Å². The van der Waals surface area contributed by atoms with Crippen LogP contribution in [0.1, 0.15) is 10.4 Å². The molecule has 184 valence electrons. The van der Waals surface area contributed by atoms with E-state index in [4.69, 9.17) is 23.7 Å². The molecule has 2 aromatic carbocycles. The first-order valence-corrected chi connectivity index (χ1v) is 11.7. The summed E-state index contributed by atoms with van der Waals surface area (Å²) in [6.45, 7) is 0.414. The zero-order valence-electron chi connectivity index (χ0n) is 19.0. The molecule has 0 aromatic heterocycles. The third kappa shape index (κ3) is 5.58. The summed E-state index contributed by atoms with van der Waals surface area (Å²) in [5.74, 6) is -0.774. The molecule has 0 radical (unpaired) electrons. The number of anilines is 1. The lowest BCUT2D eigenvalue weighted by Gasteiger charge is -2.26. The molecular formula is C22H26N2O9S. The molecule has 1 heterocycles. The first-order valence-electron chi connectivity index (χ1n) is 10.3. The molecule has 2 aromatic rings.